The van der Waals surface area contributed by atoms with Crippen LogP contribution in [-0.4, -0.2) is 51.0 Å². The van der Waals surface area contributed by atoms with Crippen LogP contribution in [0.15, 0.2) is 47.5 Å². The van der Waals surface area contributed by atoms with Crippen molar-refractivity contribution in [3.8, 4) is 11.8 Å². The molecule has 25 heavy (non-hydrogen) atoms. The minimum Gasteiger partial charge on any atom is -0.497 e. The van der Waals surface area contributed by atoms with Crippen molar-refractivity contribution >= 4 is 15.8 Å². The van der Waals surface area contributed by atoms with Crippen LogP contribution in [0.3, 0.4) is 0 Å². The van der Waals surface area contributed by atoms with E-state index in [4.69, 9.17) is 4.74 Å². The van der Waals surface area contributed by atoms with Crippen molar-refractivity contribution in [1.82, 2.24) is 9.29 Å². The predicted octanol–water partition coefficient (Wildman–Crippen LogP) is 1.47. The molecule has 1 fully saturated rings. The van der Waals surface area contributed by atoms with E-state index in [-0.39, 0.29) is 4.90 Å². The highest BCUT2D eigenvalue weighted by molar-refractivity contribution is 7.89. The Hall–Kier alpha value is -2.63. The number of hydrogen-bond donors (Lipinski definition) is 0. The van der Waals surface area contributed by atoms with E-state index in [0.717, 1.165) is 0 Å². The van der Waals surface area contributed by atoms with E-state index in [1.54, 1.807) is 42.6 Å². The Kier molecular flexibility index (Phi) is 4.88. The standard InChI is InChI=1S/C17H18N4O3S/c1-24-15-4-6-16(7-5-15)25(22,23)21-11-9-20(10-12-21)17-14(13-18)3-2-8-19-17/h2-8H,9-12H2,1H3. The third-order valence-electron chi connectivity index (χ3n) is 4.14. The van der Waals surface area contributed by atoms with E-state index in [1.165, 1.54) is 11.4 Å². The molecule has 0 unspecified atom stereocenters. The Morgan fingerprint density at radius 2 is 1.80 bits per heavy atom. The summed E-state index contributed by atoms with van der Waals surface area (Å²) in [5.41, 5.74) is 0.494. The van der Waals surface area contributed by atoms with Crippen LogP contribution < -0.4 is 9.64 Å². The first-order valence-electron chi connectivity index (χ1n) is 7.80. The molecule has 3 rings (SSSR count). The summed E-state index contributed by atoms with van der Waals surface area (Å²) in [7, 11) is -2.01. The molecule has 1 aromatic carbocycles. The van der Waals surface area contributed by atoms with E-state index in [0.29, 0.717) is 43.3 Å². The van der Waals surface area contributed by atoms with Gasteiger partial charge in [-0.3, -0.25) is 0 Å². The molecule has 0 N–H and O–H groups in total. The van der Waals surface area contributed by atoms with Gasteiger partial charge >= 0.3 is 0 Å². The van der Waals surface area contributed by atoms with Gasteiger partial charge in [0.2, 0.25) is 10.0 Å². The summed E-state index contributed by atoms with van der Waals surface area (Å²) in [5, 5.41) is 9.19. The number of pyridine rings is 1. The molecular formula is C17H18N4O3S. The van der Waals surface area contributed by atoms with Crippen molar-refractivity contribution in [2.75, 3.05) is 38.2 Å². The summed E-state index contributed by atoms with van der Waals surface area (Å²) >= 11 is 0. The van der Waals surface area contributed by atoms with Crippen LogP contribution in [0.1, 0.15) is 5.56 Å². The van der Waals surface area contributed by atoms with E-state index in [9.17, 15) is 13.7 Å². The zero-order valence-electron chi connectivity index (χ0n) is 13.8. The fourth-order valence-corrected chi connectivity index (χ4v) is 4.20. The molecule has 0 radical (unpaired) electrons. The number of hydrogen-bond acceptors (Lipinski definition) is 6. The number of benzene rings is 1. The first kappa shape index (κ1) is 17.2. The lowest BCUT2D eigenvalue weighted by Crippen LogP contribution is -2.49. The molecule has 2 heterocycles. The second kappa shape index (κ2) is 7.09. The number of nitriles is 1. The lowest BCUT2D eigenvalue weighted by molar-refractivity contribution is 0.383. The van der Waals surface area contributed by atoms with Gasteiger partial charge in [-0.25, -0.2) is 13.4 Å². The van der Waals surface area contributed by atoms with Crippen LogP contribution in [0.5, 0.6) is 5.75 Å². The molecule has 2 aromatic rings. The molecular weight excluding hydrogens is 340 g/mol. The highest BCUT2D eigenvalue weighted by Crippen LogP contribution is 2.23. The van der Waals surface area contributed by atoms with Gasteiger partial charge in [-0.1, -0.05) is 0 Å². The third kappa shape index (κ3) is 3.43. The number of piperazine rings is 1. The molecule has 7 nitrogen and oxygen atoms in total. The normalized spacial score (nSPS) is 15.6. The van der Waals surface area contributed by atoms with Crippen LogP contribution in [0.2, 0.25) is 0 Å². The lowest BCUT2D eigenvalue weighted by Gasteiger charge is -2.34. The number of anilines is 1. The van der Waals surface area contributed by atoms with Gasteiger partial charge < -0.3 is 9.64 Å². The maximum Gasteiger partial charge on any atom is 0.243 e. The van der Waals surface area contributed by atoms with Crippen LogP contribution in [0, 0.1) is 11.3 Å². The van der Waals surface area contributed by atoms with Crippen molar-refractivity contribution in [3.63, 3.8) is 0 Å². The van der Waals surface area contributed by atoms with Crippen molar-refractivity contribution in [1.29, 1.82) is 5.26 Å². The van der Waals surface area contributed by atoms with E-state index in [1.807, 2.05) is 4.90 Å². The van der Waals surface area contributed by atoms with Crippen molar-refractivity contribution in [2.45, 2.75) is 4.90 Å². The lowest BCUT2D eigenvalue weighted by atomic mass is 10.2. The first-order chi connectivity index (χ1) is 12.1. The van der Waals surface area contributed by atoms with Gasteiger partial charge in [0.15, 0.2) is 0 Å². The SMILES string of the molecule is COc1ccc(S(=O)(=O)N2CCN(c3ncccc3C#N)CC2)cc1. The topological polar surface area (TPSA) is 86.5 Å². The average Bonchev–Trinajstić information content (AvgIpc) is 2.68. The molecule has 1 saturated heterocycles. The molecule has 8 heteroatoms. The van der Waals surface area contributed by atoms with E-state index < -0.39 is 10.0 Å². The van der Waals surface area contributed by atoms with E-state index in [2.05, 4.69) is 11.1 Å². The summed E-state index contributed by atoms with van der Waals surface area (Å²) in [4.78, 5) is 6.45. The van der Waals surface area contributed by atoms with Gasteiger partial charge in [0, 0.05) is 32.4 Å². The number of nitrogens with zero attached hydrogens (tertiary/aromatic N) is 4. The second-order valence-electron chi connectivity index (χ2n) is 5.55. The molecule has 0 atom stereocenters. The van der Waals surface area contributed by atoms with E-state index >= 15 is 0 Å². The maximum absolute atomic E-state index is 12.8. The molecule has 1 aromatic heterocycles. The van der Waals surface area contributed by atoms with Crippen molar-refractivity contribution in [2.24, 2.45) is 0 Å². The van der Waals surface area contributed by atoms with Gasteiger partial charge in [0.25, 0.3) is 0 Å². The molecule has 130 valence electrons. The fraction of sp³-hybridized carbons (Fsp3) is 0.294. The summed E-state index contributed by atoms with van der Waals surface area (Å²) in [6.45, 7) is 1.66. The van der Waals surface area contributed by atoms with Gasteiger partial charge in [-0.2, -0.15) is 9.57 Å². The fourth-order valence-electron chi connectivity index (χ4n) is 2.77. The highest BCUT2D eigenvalue weighted by atomic mass is 32.2. The van der Waals surface area contributed by atoms with Gasteiger partial charge in [-0.05, 0) is 36.4 Å². The molecule has 0 amide bonds. The Morgan fingerprint density at radius 1 is 1.12 bits per heavy atom. The van der Waals surface area contributed by atoms with Crippen LogP contribution in [0.25, 0.3) is 0 Å². The number of rotatable bonds is 4. The number of ether oxygens (including phenoxy) is 1. The molecule has 1 aliphatic rings. The van der Waals surface area contributed by atoms with Crippen molar-refractivity contribution < 1.29 is 13.2 Å². The molecule has 0 saturated carbocycles. The monoisotopic (exact) mass is 358 g/mol. The minimum absolute atomic E-state index is 0.248. The molecule has 1 aliphatic heterocycles. The summed E-state index contributed by atoms with van der Waals surface area (Å²) in [6, 6.07) is 11.9. The predicted molar refractivity (Wildman–Crippen MR) is 92.9 cm³/mol. The van der Waals surface area contributed by atoms with Crippen LogP contribution >= 0.6 is 0 Å². The summed E-state index contributed by atoms with van der Waals surface area (Å²) < 4.78 is 32.0. The van der Waals surface area contributed by atoms with Gasteiger partial charge in [0.1, 0.15) is 17.6 Å². The third-order valence-corrected chi connectivity index (χ3v) is 6.06. The zero-order chi connectivity index (χ0) is 17.9. The number of sulfonamides is 1. The highest BCUT2D eigenvalue weighted by Gasteiger charge is 2.29. The van der Waals surface area contributed by atoms with Crippen LogP contribution in [-0.2, 0) is 10.0 Å². The van der Waals surface area contributed by atoms with Crippen molar-refractivity contribution in [3.05, 3.63) is 48.2 Å². The second-order valence-corrected chi connectivity index (χ2v) is 7.49. The Labute approximate surface area is 147 Å². The molecule has 0 bridgehead atoms. The van der Waals surface area contributed by atoms with Crippen LogP contribution in [0.4, 0.5) is 5.82 Å². The van der Waals surface area contributed by atoms with Gasteiger partial charge in [0.05, 0.1) is 17.6 Å². The number of methoxy groups -OCH3 is 1. The summed E-state index contributed by atoms with van der Waals surface area (Å²) in [5.74, 6) is 1.22. The largest absolute Gasteiger partial charge is 0.497 e. The zero-order valence-corrected chi connectivity index (χ0v) is 14.6. The summed E-state index contributed by atoms with van der Waals surface area (Å²) in [6.07, 6.45) is 1.64. The average molecular weight is 358 g/mol. The Morgan fingerprint density at radius 3 is 2.40 bits per heavy atom. The molecule has 0 spiro atoms. The first-order valence-corrected chi connectivity index (χ1v) is 9.24. The molecule has 0 aliphatic carbocycles. The Balaban J connectivity index is 1.74. The number of aromatic nitrogens is 1. The quantitative estimate of drug-likeness (QED) is 0.823. The smallest absolute Gasteiger partial charge is 0.243 e. The minimum atomic E-state index is -3.54. The van der Waals surface area contributed by atoms with Gasteiger partial charge in [-0.15, -0.1) is 0 Å². The maximum atomic E-state index is 12.8. The Bertz CT molecular complexity index is 883.